The van der Waals surface area contributed by atoms with Crippen molar-refractivity contribution in [3.63, 3.8) is 0 Å². The fraction of sp³-hybridized carbons (Fsp3) is 0.737. The number of anilines is 1. The normalized spacial score (nSPS) is 16.2. The van der Waals surface area contributed by atoms with E-state index in [9.17, 15) is 4.79 Å². The van der Waals surface area contributed by atoms with Crippen LogP contribution in [0.2, 0.25) is 0 Å². The SMILES string of the molecule is CCNC(=NCCN(C(C)C)C(C)C)N1CCN(c2cnn(C)c2)C(=O)C1. The first kappa shape index (κ1) is 21.2. The van der Waals surface area contributed by atoms with E-state index in [2.05, 4.69) is 49.9 Å². The van der Waals surface area contributed by atoms with Crippen molar-refractivity contribution in [2.24, 2.45) is 12.0 Å². The minimum Gasteiger partial charge on any atom is -0.357 e. The molecule has 0 bridgehead atoms. The summed E-state index contributed by atoms with van der Waals surface area (Å²) in [6.07, 6.45) is 3.61. The van der Waals surface area contributed by atoms with Crippen LogP contribution in [-0.4, -0.2) is 82.8 Å². The standard InChI is InChI=1S/C19H35N7O/c1-7-20-19(21-8-9-25(15(2)3)16(4)5)24-10-11-26(18(27)14-24)17-12-22-23(6)13-17/h12-13,15-16H,7-11,14H2,1-6H3,(H,20,21). The highest BCUT2D eigenvalue weighted by atomic mass is 16.2. The monoisotopic (exact) mass is 377 g/mol. The first-order chi connectivity index (χ1) is 12.8. The molecule has 152 valence electrons. The Hall–Kier alpha value is -2.09. The van der Waals surface area contributed by atoms with Gasteiger partial charge in [0.15, 0.2) is 5.96 Å². The molecular formula is C19H35N7O. The Morgan fingerprint density at radius 2 is 2.00 bits per heavy atom. The molecule has 8 heteroatoms. The van der Waals surface area contributed by atoms with Crippen LogP contribution in [0, 0.1) is 0 Å². The summed E-state index contributed by atoms with van der Waals surface area (Å²) in [7, 11) is 1.86. The Morgan fingerprint density at radius 1 is 1.30 bits per heavy atom. The maximum atomic E-state index is 12.6. The van der Waals surface area contributed by atoms with E-state index < -0.39 is 0 Å². The van der Waals surface area contributed by atoms with Crippen molar-refractivity contribution < 1.29 is 4.79 Å². The number of piperazine rings is 1. The van der Waals surface area contributed by atoms with Gasteiger partial charge < -0.3 is 15.1 Å². The average Bonchev–Trinajstić information content (AvgIpc) is 3.03. The van der Waals surface area contributed by atoms with Crippen LogP contribution < -0.4 is 10.2 Å². The number of guanidine groups is 1. The van der Waals surface area contributed by atoms with E-state index in [1.165, 1.54) is 0 Å². The molecule has 1 amide bonds. The number of nitrogens with one attached hydrogen (secondary N) is 1. The number of carbonyl (C=O) groups excluding carboxylic acids is 1. The number of hydrogen-bond acceptors (Lipinski definition) is 4. The summed E-state index contributed by atoms with van der Waals surface area (Å²) in [5, 5.41) is 7.50. The molecule has 1 aliphatic heterocycles. The van der Waals surface area contributed by atoms with Gasteiger partial charge in [0.2, 0.25) is 5.91 Å². The van der Waals surface area contributed by atoms with Gasteiger partial charge in [0.1, 0.15) is 6.54 Å². The maximum Gasteiger partial charge on any atom is 0.246 e. The van der Waals surface area contributed by atoms with Gasteiger partial charge in [-0.05, 0) is 34.6 Å². The van der Waals surface area contributed by atoms with Gasteiger partial charge in [-0.1, -0.05) is 0 Å². The molecule has 27 heavy (non-hydrogen) atoms. The predicted molar refractivity (Wildman–Crippen MR) is 110 cm³/mol. The van der Waals surface area contributed by atoms with Gasteiger partial charge in [-0.2, -0.15) is 5.10 Å². The molecule has 1 aliphatic rings. The number of rotatable bonds is 7. The van der Waals surface area contributed by atoms with E-state index in [1.807, 2.05) is 18.1 Å². The van der Waals surface area contributed by atoms with Crippen LogP contribution in [0.5, 0.6) is 0 Å². The van der Waals surface area contributed by atoms with Crippen LogP contribution in [0.3, 0.4) is 0 Å². The van der Waals surface area contributed by atoms with E-state index in [1.54, 1.807) is 15.8 Å². The van der Waals surface area contributed by atoms with Gasteiger partial charge in [0.25, 0.3) is 0 Å². The third-order valence-corrected chi connectivity index (χ3v) is 4.80. The Balaban J connectivity index is 1.99. The molecule has 0 radical (unpaired) electrons. The van der Waals surface area contributed by atoms with Crippen LogP contribution in [0.1, 0.15) is 34.6 Å². The third kappa shape index (κ3) is 5.69. The Kier molecular flexibility index (Phi) is 7.65. The smallest absolute Gasteiger partial charge is 0.246 e. The molecule has 1 aromatic rings. The van der Waals surface area contributed by atoms with Gasteiger partial charge in [-0.3, -0.25) is 19.4 Å². The fourth-order valence-corrected chi connectivity index (χ4v) is 3.48. The molecule has 0 unspecified atom stereocenters. The molecule has 0 aromatic carbocycles. The fourth-order valence-electron chi connectivity index (χ4n) is 3.48. The van der Waals surface area contributed by atoms with Crippen LogP contribution in [0.25, 0.3) is 0 Å². The number of hydrogen-bond donors (Lipinski definition) is 1. The molecule has 2 rings (SSSR count). The zero-order valence-corrected chi connectivity index (χ0v) is 17.6. The molecule has 1 saturated heterocycles. The number of amides is 1. The quantitative estimate of drug-likeness (QED) is 0.570. The van der Waals surface area contributed by atoms with Crippen molar-refractivity contribution in [1.29, 1.82) is 0 Å². The summed E-state index contributed by atoms with van der Waals surface area (Å²) in [5.41, 5.74) is 0.855. The second kappa shape index (κ2) is 9.73. The summed E-state index contributed by atoms with van der Waals surface area (Å²) in [6.45, 7) is 15.0. The van der Waals surface area contributed by atoms with Crippen molar-refractivity contribution in [2.75, 3.05) is 44.2 Å². The zero-order valence-electron chi connectivity index (χ0n) is 17.6. The highest BCUT2D eigenvalue weighted by molar-refractivity contribution is 5.98. The largest absolute Gasteiger partial charge is 0.357 e. The van der Waals surface area contributed by atoms with E-state index >= 15 is 0 Å². The number of nitrogens with zero attached hydrogens (tertiary/aromatic N) is 6. The lowest BCUT2D eigenvalue weighted by Gasteiger charge is -2.35. The highest BCUT2D eigenvalue weighted by Crippen LogP contribution is 2.16. The van der Waals surface area contributed by atoms with Gasteiger partial charge in [-0.25, -0.2) is 0 Å². The van der Waals surface area contributed by atoms with Gasteiger partial charge in [-0.15, -0.1) is 0 Å². The van der Waals surface area contributed by atoms with Gasteiger partial charge in [0, 0.05) is 51.5 Å². The van der Waals surface area contributed by atoms with Gasteiger partial charge in [0.05, 0.1) is 18.4 Å². The molecular weight excluding hydrogens is 342 g/mol. The Bertz CT molecular complexity index is 630. The lowest BCUT2D eigenvalue weighted by molar-refractivity contribution is -0.120. The van der Waals surface area contributed by atoms with Crippen molar-refractivity contribution in [3.05, 3.63) is 12.4 Å². The van der Waals surface area contributed by atoms with E-state index in [-0.39, 0.29) is 5.91 Å². The summed E-state index contributed by atoms with van der Waals surface area (Å²) in [4.78, 5) is 23.7. The molecule has 1 fully saturated rings. The second-order valence-corrected chi connectivity index (χ2v) is 7.50. The Labute approximate surface area is 163 Å². The lowest BCUT2D eigenvalue weighted by Crippen LogP contribution is -2.55. The minimum atomic E-state index is 0.0749. The summed E-state index contributed by atoms with van der Waals surface area (Å²) in [6, 6.07) is 0.986. The molecule has 8 nitrogen and oxygen atoms in total. The zero-order chi connectivity index (χ0) is 20.0. The van der Waals surface area contributed by atoms with Crippen LogP contribution in [0.15, 0.2) is 17.4 Å². The molecule has 1 aromatic heterocycles. The Morgan fingerprint density at radius 3 is 2.52 bits per heavy atom. The summed E-state index contributed by atoms with van der Waals surface area (Å²) in [5.74, 6) is 0.898. The van der Waals surface area contributed by atoms with E-state index in [0.29, 0.717) is 25.2 Å². The molecule has 0 aliphatic carbocycles. The first-order valence-electron chi connectivity index (χ1n) is 9.91. The number of aromatic nitrogens is 2. The van der Waals surface area contributed by atoms with Crippen LogP contribution in [0.4, 0.5) is 5.69 Å². The molecule has 0 saturated carbocycles. The summed E-state index contributed by atoms with van der Waals surface area (Å²) < 4.78 is 1.72. The van der Waals surface area contributed by atoms with E-state index in [0.717, 1.165) is 37.8 Å². The van der Waals surface area contributed by atoms with Crippen LogP contribution in [-0.2, 0) is 11.8 Å². The molecule has 0 spiro atoms. The minimum absolute atomic E-state index is 0.0749. The van der Waals surface area contributed by atoms with Crippen molar-refractivity contribution >= 4 is 17.6 Å². The topological polar surface area (TPSA) is 69.0 Å². The predicted octanol–water partition coefficient (Wildman–Crippen LogP) is 1.15. The maximum absolute atomic E-state index is 12.6. The molecule has 1 N–H and O–H groups in total. The van der Waals surface area contributed by atoms with Gasteiger partial charge >= 0.3 is 0 Å². The number of carbonyl (C=O) groups is 1. The lowest BCUT2D eigenvalue weighted by atomic mass is 10.2. The average molecular weight is 378 g/mol. The third-order valence-electron chi connectivity index (χ3n) is 4.80. The first-order valence-corrected chi connectivity index (χ1v) is 9.91. The molecule has 2 heterocycles. The summed E-state index contributed by atoms with van der Waals surface area (Å²) >= 11 is 0. The number of aliphatic imine (C=N–C) groups is 1. The second-order valence-electron chi connectivity index (χ2n) is 7.50. The highest BCUT2D eigenvalue weighted by Gasteiger charge is 2.27. The number of aryl methyl sites for hydroxylation is 1. The van der Waals surface area contributed by atoms with Crippen molar-refractivity contribution in [1.82, 2.24) is 24.9 Å². The van der Waals surface area contributed by atoms with Crippen LogP contribution >= 0.6 is 0 Å². The van der Waals surface area contributed by atoms with E-state index in [4.69, 9.17) is 4.99 Å². The molecule has 0 atom stereocenters. The van der Waals surface area contributed by atoms with Crippen molar-refractivity contribution in [2.45, 2.75) is 46.7 Å². The van der Waals surface area contributed by atoms with Crippen molar-refractivity contribution in [3.8, 4) is 0 Å².